The molecule has 7 heteroatoms. The van der Waals surface area contributed by atoms with Crippen molar-refractivity contribution >= 4 is 29.2 Å². The lowest BCUT2D eigenvalue weighted by Crippen LogP contribution is -2.05. The highest BCUT2D eigenvalue weighted by Gasteiger charge is 2.27. The van der Waals surface area contributed by atoms with Crippen LogP contribution in [-0.4, -0.2) is 20.6 Å². The number of aromatic carboxylic acids is 1. The van der Waals surface area contributed by atoms with E-state index in [9.17, 15) is 14.3 Å². The number of aryl methyl sites for hydroxylation is 1. The predicted molar refractivity (Wildman–Crippen MR) is 116 cm³/mol. The fraction of sp³-hybridized carbons (Fsp3) is 0.0435. The highest BCUT2D eigenvalue weighted by Crippen LogP contribution is 2.36. The molecule has 4 nitrogen and oxygen atoms in total. The predicted octanol–water partition coefficient (Wildman–Crippen LogP) is 6.66. The largest absolute Gasteiger partial charge is 0.476 e. The van der Waals surface area contributed by atoms with Crippen molar-refractivity contribution in [3.05, 3.63) is 93.8 Å². The molecule has 0 spiro atoms. The van der Waals surface area contributed by atoms with Gasteiger partial charge in [-0.1, -0.05) is 59.1 Å². The number of aromatic nitrogens is 2. The Morgan fingerprint density at radius 2 is 1.67 bits per heavy atom. The summed E-state index contributed by atoms with van der Waals surface area (Å²) >= 11 is 12.3. The van der Waals surface area contributed by atoms with Gasteiger partial charge in [0.2, 0.25) is 0 Å². The van der Waals surface area contributed by atoms with Gasteiger partial charge in [0.1, 0.15) is 11.6 Å². The van der Waals surface area contributed by atoms with Crippen molar-refractivity contribution < 1.29 is 14.3 Å². The highest BCUT2D eigenvalue weighted by atomic mass is 35.5. The Kier molecular flexibility index (Phi) is 5.33. The molecular weight excluding hydrogens is 426 g/mol. The molecule has 0 atom stereocenters. The summed E-state index contributed by atoms with van der Waals surface area (Å²) in [7, 11) is 0. The van der Waals surface area contributed by atoms with Gasteiger partial charge in [-0.05, 0) is 43.3 Å². The fourth-order valence-corrected chi connectivity index (χ4v) is 3.70. The number of hydrogen-bond donors (Lipinski definition) is 1. The van der Waals surface area contributed by atoms with Gasteiger partial charge < -0.3 is 5.11 Å². The average molecular weight is 441 g/mol. The van der Waals surface area contributed by atoms with Crippen LogP contribution < -0.4 is 0 Å². The van der Waals surface area contributed by atoms with Crippen LogP contribution in [0.3, 0.4) is 0 Å². The number of imidazole rings is 1. The molecule has 1 heterocycles. The normalized spacial score (nSPS) is 10.9. The summed E-state index contributed by atoms with van der Waals surface area (Å²) in [6.07, 6.45) is 0. The van der Waals surface area contributed by atoms with E-state index in [1.54, 1.807) is 30.3 Å². The Morgan fingerprint density at radius 1 is 0.967 bits per heavy atom. The van der Waals surface area contributed by atoms with Gasteiger partial charge in [-0.3, -0.25) is 4.57 Å². The molecule has 4 rings (SSSR count). The lowest BCUT2D eigenvalue weighted by Gasteiger charge is -2.14. The molecule has 1 N–H and O–H groups in total. The van der Waals surface area contributed by atoms with E-state index in [-0.39, 0.29) is 22.9 Å². The minimum atomic E-state index is -1.24. The number of nitrogens with zero attached hydrogens (tertiary/aromatic N) is 2. The van der Waals surface area contributed by atoms with Gasteiger partial charge in [-0.25, -0.2) is 14.2 Å². The number of carbonyl (C=O) groups is 1. The Hall–Kier alpha value is -3.15. The number of carboxylic acids is 1. The lowest BCUT2D eigenvalue weighted by molar-refractivity contribution is 0.0692. The molecule has 0 aliphatic heterocycles. The van der Waals surface area contributed by atoms with Gasteiger partial charge in [0.15, 0.2) is 5.69 Å². The van der Waals surface area contributed by atoms with Crippen LogP contribution in [0.2, 0.25) is 10.0 Å². The van der Waals surface area contributed by atoms with Crippen molar-refractivity contribution in [2.45, 2.75) is 6.92 Å². The van der Waals surface area contributed by atoms with E-state index in [2.05, 4.69) is 4.98 Å². The van der Waals surface area contributed by atoms with E-state index in [4.69, 9.17) is 23.2 Å². The first-order chi connectivity index (χ1) is 14.3. The number of benzene rings is 3. The molecule has 0 unspecified atom stereocenters. The first kappa shape index (κ1) is 20.1. The van der Waals surface area contributed by atoms with E-state index in [0.29, 0.717) is 21.2 Å². The Labute approximate surface area is 182 Å². The fourth-order valence-electron chi connectivity index (χ4n) is 3.34. The zero-order valence-electron chi connectivity index (χ0n) is 15.7. The Balaban J connectivity index is 2.15. The summed E-state index contributed by atoms with van der Waals surface area (Å²) in [5.41, 5.74) is 2.18. The standard InChI is InChI=1S/C23H15Cl2FN2O2/c1-13-4-2-6-15(10-13)22-27-20(23(29)30)21(14-5-3-7-16(24)11-14)28(22)19-12-17(25)8-9-18(19)26/h2-12H,1H3,(H,29,30). The van der Waals surface area contributed by atoms with Crippen LogP contribution in [0.4, 0.5) is 4.39 Å². The molecule has 0 aliphatic rings. The average Bonchev–Trinajstić information content (AvgIpc) is 3.10. The third-order valence-corrected chi connectivity index (χ3v) is 5.07. The van der Waals surface area contributed by atoms with Crippen LogP contribution in [-0.2, 0) is 0 Å². The number of carboxylic acid groups (broad SMARTS) is 1. The molecule has 0 saturated carbocycles. The van der Waals surface area contributed by atoms with Crippen molar-refractivity contribution in [2.75, 3.05) is 0 Å². The maximum Gasteiger partial charge on any atom is 0.356 e. The van der Waals surface area contributed by atoms with Crippen LogP contribution in [0.1, 0.15) is 16.1 Å². The number of halogens is 3. The molecule has 150 valence electrons. The third-order valence-electron chi connectivity index (χ3n) is 4.60. The second-order valence-electron chi connectivity index (χ2n) is 6.75. The summed E-state index contributed by atoms with van der Waals surface area (Å²) in [6.45, 7) is 1.91. The summed E-state index contributed by atoms with van der Waals surface area (Å²) < 4.78 is 16.4. The first-order valence-electron chi connectivity index (χ1n) is 8.99. The SMILES string of the molecule is Cc1cccc(-c2nc(C(=O)O)c(-c3cccc(Cl)c3)n2-c2cc(Cl)ccc2F)c1. The molecule has 0 saturated heterocycles. The summed E-state index contributed by atoms with van der Waals surface area (Å²) in [4.78, 5) is 16.5. The van der Waals surface area contributed by atoms with E-state index in [0.717, 1.165) is 5.56 Å². The molecule has 0 amide bonds. The van der Waals surface area contributed by atoms with E-state index >= 15 is 0 Å². The van der Waals surface area contributed by atoms with Crippen molar-refractivity contribution in [3.8, 4) is 28.3 Å². The zero-order chi connectivity index (χ0) is 21.4. The van der Waals surface area contributed by atoms with Crippen LogP contribution in [0.25, 0.3) is 28.3 Å². The van der Waals surface area contributed by atoms with Crippen molar-refractivity contribution in [2.24, 2.45) is 0 Å². The maximum absolute atomic E-state index is 14.9. The van der Waals surface area contributed by atoms with Crippen LogP contribution in [0.5, 0.6) is 0 Å². The van der Waals surface area contributed by atoms with Crippen LogP contribution in [0.15, 0.2) is 66.7 Å². The number of hydrogen-bond acceptors (Lipinski definition) is 2. The van der Waals surface area contributed by atoms with Crippen molar-refractivity contribution in [3.63, 3.8) is 0 Å². The molecule has 30 heavy (non-hydrogen) atoms. The van der Waals surface area contributed by atoms with Gasteiger partial charge in [0.25, 0.3) is 0 Å². The van der Waals surface area contributed by atoms with Gasteiger partial charge >= 0.3 is 5.97 Å². The summed E-state index contributed by atoms with van der Waals surface area (Å²) in [5.74, 6) is -1.52. The Bertz CT molecular complexity index is 1280. The molecule has 0 aliphatic carbocycles. The van der Waals surface area contributed by atoms with Gasteiger partial charge in [0.05, 0.1) is 11.4 Å². The summed E-state index contributed by atoms with van der Waals surface area (Å²) in [6, 6.07) is 18.2. The second kappa shape index (κ2) is 7.94. The van der Waals surface area contributed by atoms with Crippen molar-refractivity contribution in [1.29, 1.82) is 0 Å². The van der Waals surface area contributed by atoms with Gasteiger partial charge in [0, 0.05) is 21.2 Å². The monoisotopic (exact) mass is 440 g/mol. The number of rotatable bonds is 4. The molecule has 3 aromatic carbocycles. The quantitative estimate of drug-likeness (QED) is 0.385. The molecule has 4 aromatic rings. The van der Waals surface area contributed by atoms with Crippen molar-refractivity contribution in [1.82, 2.24) is 9.55 Å². The molecule has 1 aromatic heterocycles. The zero-order valence-corrected chi connectivity index (χ0v) is 17.2. The smallest absolute Gasteiger partial charge is 0.356 e. The minimum Gasteiger partial charge on any atom is -0.476 e. The lowest BCUT2D eigenvalue weighted by atomic mass is 10.1. The molecular formula is C23H15Cl2FN2O2. The van der Waals surface area contributed by atoms with Gasteiger partial charge in [-0.15, -0.1) is 0 Å². The maximum atomic E-state index is 14.9. The topological polar surface area (TPSA) is 55.1 Å². The summed E-state index contributed by atoms with van der Waals surface area (Å²) in [5, 5.41) is 10.6. The van der Waals surface area contributed by atoms with E-state index in [1.807, 2.05) is 25.1 Å². The Morgan fingerprint density at radius 3 is 2.37 bits per heavy atom. The van der Waals surface area contributed by atoms with E-state index in [1.165, 1.54) is 22.8 Å². The minimum absolute atomic E-state index is 0.0916. The van der Waals surface area contributed by atoms with Gasteiger partial charge in [-0.2, -0.15) is 0 Å². The third kappa shape index (κ3) is 3.70. The molecule has 0 radical (unpaired) electrons. The van der Waals surface area contributed by atoms with Crippen LogP contribution >= 0.6 is 23.2 Å². The highest BCUT2D eigenvalue weighted by molar-refractivity contribution is 6.31. The molecule has 0 bridgehead atoms. The van der Waals surface area contributed by atoms with Crippen LogP contribution in [0, 0.1) is 12.7 Å². The second-order valence-corrected chi connectivity index (χ2v) is 7.62. The van der Waals surface area contributed by atoms with E-state index < -0.39 is 11.8 Å². The first-order valence-corrected chi connectivity index (χ1v) is 9.75. The molecule has 0 fully saturated rings.